The third-order valence-electron chi connectivity index (χ3n) is 1.98. The van der Waals surface area contributed by atoms with Gasteiger partial charge in [-0.05, 0) is 15.9 Å². The van der Waals surface area contributed by atoms with Crippen LogP contribution in [-0.4, -0.2) is 21.0 Å². The molecular weight excluding hydrogens is 264 g/mol. The number of halogens is 1. The molecular formula is C9H5BrN2O3. The highest BCUT2D eigenvalue weighted by molar-refractivity contribution is 9.10. The van der Waals surface area contributed by atoms with E-state index in [0.717, 1.165) is 0 Å². The third kappa shape index (κ3) is 1.52. The predicted molar refractivity (Wildman–Crippen MR) is 57.0 cm³/mol. The van der Waals surface area contributed by atoms with Crippen molar-refractivity contribution < 1.29 is 9.90 Å². The van der Waals surface area contributed by atoms with Gasteiger partial charge in [0.25, 0.3) is 0 Å². The number of carboxylic acid groups (broad SMARTS) is 1. The molecule has 0 saturated carbocycles. The number of carboxylic acids is 1. The summed E-state index contributed by atoms with van der Waals surface area (Å²) in [4.78, 5) is 28.9. The summed E-state index contributed by atoms with van der Waals surface area (Å²) in [6.07, 6.45) is 4.04. The minimum Gasteiger partial charge on any atom is -0.477 e. The molecule has 2 aromatic rings. The topological polar surface area (TPSA) is 83.0 Å². The Labute approximate surface area is 91.9 Å². The number of aromatic carboxylic acids is 1. The molecule has 0 aliphatic carbocycles. The van der Waals surface area contributed by atoms with Crippen LogP contribution >= 0.6 is 15.9 Å². The summed E-state index contributed by atoms with van der Waals surface area (Å²) in [7, 11) is 0. The number of aromatic nitrogens is 2. The van der Waals surface area contributed by atoms with Gasteiger partial charge in [0.1, 0.15) is 5.56 Å². The highest BCUT2D eigenvalue weighted by Gasteiger charge is 2.12. The SMILES string of the molecule is O=C(O)c1c[nH]c2c(Br)cncc2c1=O. The first-order chi connectivity index (χ1) is 7.11. The Kier molecular flexibility index (Phi) is 2.28. The Hall–Kier alpha value is -1.69. The van der Waals surface area contributed by atoms with Crippen LogP contribution in [0, 0.1) is 0 Å². The zero-order valence-electron chi connectivity index (χ0n) is 7.32. The van der Waals surface area contributed by atoms with Gasteiger partial charge in [0.2, 0.25) is 5.43 Å². The lowest BCUT2D eigenvalue weighted by Gasteiger charge is -2.00. The van der Waals surface area contributed by atoms with Crippen LogP contribution < -0.4 is 5.43 Å². The summed E-state index contributed by atoms with van der Waals surface area (Å²) in [5, 5.41) is 9.00. The summed E-state index contributed by atoms with van der Waals surface area (Å²) in [5.74, 6) is -1.25. The van der Waals surface area contributed by atoms with Gasteiger partial charge in [-0.1, -0.05) is 0 Å². The van der Waals surface area contributed by atoms with E-state index in [9.17, 15) is 9.59 Å². The van der Waals surface area contributed by atoms with E-state index in [0.29, 0.717) is 9.99 Å². The van der Waals surface area contributed by atoms with Crippen LogP contribution in [-0.2, 0) is 0 Å². The van der Waals surface area contributed by atoms with E-state index in [1.807, 2.05) is 0 Å². The Morgan fingerprint density at radius 3 is 2.87 bits per heavy atom. The van der Waals surface area contributed by atoms with Crippen molar-refractivity contribution in [2.24, 2.45) is 0 Å². The molecule has 2 heterocycles. The van der Waals surface area contributed by atoms with E-state index in [4.69, 9.17) is 5.11 Å². The van der Waals surface area contributed by atoms with Gasteiger partial charge in [0.15, 0.2) is 0 Å². The second-order valence-corrected chi connectivity index (χ2v) is 3.73. The highest BCUT2D eigenvalue weighted by atomic mass is 79.9. The van der Waals surface area contributed by atoms with Crippen molar-refractivity contribution in [3.05, 3.63) is 38.9 Å². The van der Waals surface area contributed by atoms with Crippen molar-refractivity contribution >= 4 is 32.8 Å². The molecule has 0 spiro atoms. The van der Waals surface area contributed by atoms with Gasteiger partial charge in [-0.2, -0.15) is 0 Å². The lowest BCUT2D eigenvalue weighted by atomic mass is 10.2. The monoisotopic (exact) mass is 268 g/mol. The Balaban J connectivity index is 2.92. The quantitative estimate of drug-likeness (QED) is 0.819. The first kappa shape index (κ1) is 9.85. The van der Waals surface area contributed by atoms with Crippen molar-refractivity contribution in [3.8, 4) is 0 Å². The summed E-state index contributed by atoms with van der Waals surface area (Å²) in [5.41, 5.74) is -0.285. The van der Waals surface area contributed by atoms with E-state index in [1.165, 1.54) is 18.6 Å². The number of pyridine rings is 2. The molecule has 6 heteroatoms. The number of nitrogens with one attached hydrogen (secondary N) is 1. The Morgan fingerprint density at radius 1 is 1.47 bits per heavy atom. The fourth-order valence-electron chi connectivity index (χ4n) is 1.27. The average Bonchev–Trinajstić information content (AvgIpc) is 2.19. The molecule has 0 bridgehead atoms. The number of H-pyrrole nitrogens is 1. The number of nitrogens with zero attached hydrogens (tertiary/aromatic N) is 1. The number of hydrogen-bond donors (Lipinski definition) is 2. The second-order valence-electron chi connectivity index (χ2n) is 2.88. The zero-order chi connectivity index (χ0) is 11.0. The molecule has 0 atom stereocenters. The van der Waals surface area contributed by atoms with Crippen LogP contribution in [0.3, 0.4) is 0 Å². The first-order valence-corrected chi connectivity index (χ1v) is 4.78. The standard InChI is InChI=1S/C9H5BrN2O3/c10-6-3-11-1-4-7(6)12-2-5(8(4)13)9(14)15/h1-3H,(H,12,13)(H,14,15). The molecule has 2 N–H and O–H groups in total. The lowest BCUT2D eigenvalue weighted by molar-refractivity contribution is 0.0695. The number of hydrogen-bond acceptors (Lipinski definition) is 3. The van der Waals surface area contributed by atoms with Crippen LogP contribution in [0.1, 0.15) is 10.4 Å². The van der Waals surface area contributed by atoms with Crippen molar-refractivity contribution in [1.29, 1.82) is 0 Å². The van der Waals surface area contributed by atoms with E-state index in [2.05, 4.69) is 25.9 Å². The minimum absolute atomic E-state index is 0.254. The van der Waals surface area contributed by atoms with Crippen LogP contribution in [0.4, 0.5) is 0 Å². The van der Waals surface area contributed by atoms with Gasteiger partial charge in [-0.25, -0.2) is 4.79 Å². The van der Waals surface area contributed by atoms with Gasteiger partial charge in [0, 0.05) is 18.6 Å². The van der Waals surface area contributed by atoms with Crippen molar-refractivity contribution in [2.45, 2.75) is 0 Å². The fraction of sp³-hybridized carbons (Fsp3) is 0. The molecule has 0 aliphatic heterocycles. The Bertz CT molecular complexity index is 606. The van der Waals surface area contributed by atoms with Crippen LogP contribution in [0.2, 0.25) is 0 Å². The summed E-state index contributed by atoms with van der Waals surface area (Å²) >= 11 is 3.21. The van der Waals surface area contributed by atoms with Gasteiger partial charge < -0.3 is 10.1 Å². The van der Waals surface area contributed by atoms with E-state index >= 15 is 0 Å². The van der Waals surface area contributed by atoms with Gasteiger partial charge in [-0.3, -0.25) is 9.78 Å². The predicted octanol–water partition coefficient (Wildman–Crippen LogP) is 1.38. The number of aromatic amines is 1. The van der Waals surface area contributed by atoms with Gasteiger partial charge in [-0.15, -0.1) is 0 Å². The average molecular weight is 269 g/mol. The van der Waals surface area contributed by atoms with E-state index in [-0.39, 0.29) is 10.9 Å². The number of rotatable bonds is 1. The maximum Gasteiger partial charge on any atom is 0.341 e. The zero-order valence-corrected chi connectivity index (χ0v) is 8.91. The van der Waals surface area contributed by atoms with Crippen LogP contribution in [0.5, 0.6) is 0 Å². The normalized spacial score (nSPS) is 10.5. The smallest absolute Gasteiger partial charge is 0.341 e. The van der Waals surface area contributed by atoms with E-state index in [1.54, 1.807) is 0 Å². The molecule has 76 valence electrons. The van der Waals surface area contributed by atoms with Crippen LogP contribution in [0.15, 0.2) is 27.9 Å². The molecule has 5 nitrogen and oxygen atoms in total. The van der Waals surface area contributed by atoms with Crippen molar-refractivity contribution in [1.82, 2.24) is 9.97 Å². The summed E-state index contributed by atoms with van der Waals surface area (Å²) in [6.45, 7) is 0. The van der Waals surface area contributed by atoms with Gasteiger partial charge >= 0.3 is 5.97 Å². The second kappa shape index (κ2) is 3.47. The molecule has 0 unspecified atom stereocenters. The molecule has 15 heavy (non-hydrogen) atoms. The molecule has 2 rings (SSSR count). The summed E-state index contributed by atoms with van der Waals surface area (Å²) in [6, 6.07) is 0. The molecule has 0 amide bonds. The first-order valence-electron chi connectivity index (χ1n) is 3.99. The fourth-order valence-corrected chi connectivity index (χ4v) is 1.71. The van der Waals surface area contributed by atoms with Crippen molar-refractivity contribution in [2.75, 3.05) is 0 Å². The summed E-state index contributed by atoms with van der Waals surface area (Å²) < 4.78 is 0.619. The molecule has 0 aromatic carbocycles. The minimum atomic E-state index is -1.25. The Morgan fingerprint density at radius 2 is 2.20 bits per heavy atom. The third-order valence-corrected chi connectivity index (χ3v) is 2.58. The molecule has 0 aliphatic rings. The lowest BCUT2D eigenvalue weighted by Crippen LogP contribution is -2.15. The number of carbonyl (C=O) groups is 1. The van der Waals surface area contributed by atoms with Crippen molar-refractivity contribution in [3.63, 3.8) is 0 Å². The maximum atomic E-state index is 11.7. The molecule has 0 radical (unpaired) electrons. The number of fused-ring (bicyclic) bond motifs is 1. The van der Waals surface area contributed by atoms with Crippen LogP contribution in [0.25, 0.3) is 10.9 Å². The maximum absolute atomic E-state index is 11.7. The highest BCUT2D eigenvalue weighted by Crippen LogP contribution is 2.17. The molecule has 2 aromatic heterocycles. The van der Waals surface area contributed by atoms with E-state index < -0.39 is 11.4 Å². The molecule has 0 saturated heterocycles. The van der Waals surface area contributed by atoms with Gasteiger partial charge in [0.05, 0.1) is 15.4 Å². The molecule has 0 fully saturated rings. The largest absolute Gasteiger partial charge is 0.477 e.